The van der Waals surface area contributed by atoms with Crippen LogP contribution >= 0.6 is 0 Å². The summed E-state index contributed by atoms with van der Waals surface area (Å²) in [6.45, 7) is 3.35. The number of carboxylic acid groups (broad SMARTS) is 1. The maximum Gasteiger partial charge on any atom is 0.336 e. The summed E-state index contributed by atoms with van der Waals surface area (Å²) >= 11 is 0. The lowest BCUT2D eigenvalue weighted by molar-refractivity contribution is 0.0697. The zero-order chi connectivity index (χ0) is 23.4. The Hall–Kier alpha value is -3.73. The molecule has 0 fully saturated rings. The highest BCUT2D eigenvalue weighted by Gasteiger charge is 2.31. The summed E-state index contributed by atoms with van der Waals surface area (Å²) in [5.74, 6) is -0.845. The molecule has 1 unspecified atom stereocenters. The molecule has 0 bridgehead atoms. The van der Waals surface area contributed by atoms with Crippen LogP contribution in [0.3, 0.4) is 0 Å². The van der Waals surface area contributed by atoms with E-state index in [1.165, 1.54) is 0 Å². The average molecular weight is 442 g/mol. The Balaban J connectivity index is 1.63. The van der Waals surface area contributed by atoms with Gasteiger partial charge in [-0.25, -0.2) is 4.79 Å². The van der Waals surface area contributed by atoms with Gasteiger partial charge in [-0.05, 0) is 41.3 Å². The molecule has 0 radical (unpaired) electrons. The number of benzene rings is 3. The van der Waals surface area contributed by atoms with Gasteiger partial charge >= 0.3 is 5.97 Å². The second-order valence-electron chi connectivity index (χ2n) is 8.53. The van der Waals surface area contributed by atoms with Gasteiger partial charge in [-0.15, -0.1) is 0 Å². The van der Waals surface area contributed by atoms with E-state index in [0.29, 0.717) is 29.8 Å². The number of nitrogens with zero attached hydrogens (tertiary/aromatic N) is 1. The standard InChI is InChI=1S/C28H27NO4/c1-2-3-6-22-17-29(26-15-20(18-30)11-14-25(26)27(22)31)16-19-9-12-21(13-10-19)23-7-4-5-8-24(23)28(32)33/h4-5,7-15,18,22H,2-3,6,16-17H2,1H3,(H,32,33). The van der Waals surface area contributed by atoms with Gasteiger partial charge in [0.25, 0.3) is 0 Å². The van der Waals surface area contributed by atoms with Gasteiger partial charge in [0.2, 0.25) is 0 Å². The molecule has 0 amide bonds. The Kier molecular flexibility index (Phi) is 6.68. The van der Waals surface area contributed by atoms with Crippen LogP contribution in [0.1, 0.15) is 62.8 Å². The highest BCUT2D eigenvalue weighted by atomic mass is 16.4. The van der Waals surface area contributed by atoms with Crippen molar-refractivity contribution in [1.82, 2.24) is 0 Å². The van der Waals surface area contributed by atoms with Gasteiger partial charge in [-0.2, -0.15) is 0 Å². The molecule has 3 aromatic rings. The molecule has 4 rings (SSSR count). The van der Waals surface area contributed by atoms with Crippen LogP contribution in [-0.2, 0) is 6.54 Å². The lowest BCUT2D eigenvalue weighted by atomic mass is 9.86. The molecule has 33 heavy (non-hydrogen) atoms. The predicted molar refractivity (Wildman–Crippen MR) is 129 cm³/mol. The molecule has 3 aromatic carbocycles. The first-order valence-corrected chi connectivity index (χ1v) is 11.3. The Morgan fingerprint density at radius 3 is 2.52 bits per heavy atom. The third-order valence-corrected chi connectivity index (χ3v) is 6.28. The first-order chi connectivity index (χ1) is 16.0. The number of carboxylic acids is 1. The van der Waals surface area contributed by atoms with Crippen LogP contribution in [0.4, 0.5) is 5.69 Å². The summed E-state index contributed by atoms with van der Waals surface area (Å²) in [6.07, 6.45) is 3.70. The molecule has 5 heteroatoms. The number of Topliss-reactive ketones (excluding diaryl/α,β-unsaturated/α-hetero) is 1. The van der Waals surface area contributed by atoms with Gasteiger partial charge in [0, 0.05) is 35.8 Å². The molecule has 1 heterocycles. The van der Waals surface area contributed by atoms with Crippen molar-refractivity contribution < 1.29 is 19.5 Å². The molecule has 1 aliphatic heterocycles. The molecule has 5 nitrogen and oxygen atoms in total. The quantitative estimate of drug-likeness (QED) is 0.442. The second kappa shape index (κ2) is 9.82. The fourth-order valence-electron chi connectivity index (χ4n) is 4.51. The maximum atomic E-state index is 13.0. The number of hydrogen-bond acceptors (Lipinski definition) is 4. The van der Waals surface area contributed by atoms with Crippen LogP contribution in [-0.4, -0.2) is 29.7 Å². The smallest absolute Gasteiger partial charge is 0.336 e. The summed E-state index contributed by atoms with van der Waals surface area (Å²) in [5.41, 5.74) is 4.89. The van der Waals surface area contributed by atoms with E-state index in [2.05, 4.69) is 11.8 Å². The van der Waals surface area contributed by atoms with E-state index in [1.54, 1.807) is 30.3 Å². The van der Waals surface area contributed by atoms with Crippen LogP contribution in [0.15, 0.2) is 66.7 Å². The highest BCUT2D eigenvalue weighted by molar-refractivity contribution is 6.05. The van der Waals surface area contributed by atoms with Gasteiger partial charge in [0.1, 0.15) is 6.29 Å². The average Bonchev–Trinajstić information content (AvgIpc) is 2.85. The molecule has 1 atom stereocenters. The van der Waals surface area contributed by atoms with Crippen LogP contribution in [0.25, 0.3) is 11.1 Å². The van der Waals surface area contributed by atoms with Gasteiger partial charge in [0.05, 0.1) is 5.56 Å². The van der Waals surface area contributed by atoms with E-state index < -0.39 is 5.97 Å². The summed E-state index contributed by atoms with van der Waals surface area (Å²) in [7, 11) is 0. The third kappa shape index (κ3) is 4.72. The number of unbranched alkanes of at least 4 members (excludes halogenated alkanes) is 1. The first-order valence-electron chi connectivity index (χ1n) is 11.3. The second-order valence-corrected chi connectivity index (χ2v) is 8.53. The van der Waals surface area contributed by atoms with Gasteiger partial charge in [-0.1, -0.05) is 68.3 Å². The molecule has 0 aromatic heterocycles. The van der Waals surface area contributed by atoms with Crippen LogP contribution < -0.4 is 4.90 Å². The Labute approximate surface area is 193 Å². The predicted octanol–water partition coefficient (Wildman–Crippen LogP) is 5.87. The molecule has 0 saturated carbocycles. The summed E-state index contributed by atoms with van der Waals surface area (Å²) in [6, 6.07) is 20.1. The Bertz CT molecular complexity index is 1180. The number of rotatable bonds is 8. The molecule has 168 valence electrons. The monoisotopic (exact) mass is 441 g/mol. The van der Waals surface area contributed by atoms with E-state index in [9.17, 15) is 19.5 Å². The fourth-order valence-corrected chi connectivity index (χ4v) is 4.51. The molecular weight excluding hydrogens is 414 g/mol. The molecule has 1 N–H and O–H groups in total. The zero-order valence-electron chi connectivity index (χ0n) is 18.7. The van der Waals surface area contributed by atoms with Crippen molar-refractivity contribution in [2.24, 2.45) is 5.92 Å². The van der Waals surface area contributed by atoms with Crippen molar-refractivity contribution in [3.8, 4) is 11.1 Å². The zero-order valence-corrected chi connectivity index (χ0v) is 18.7. The minimum Gasteiger partial charge on any atom is -0.478 e. The van der Waals surface area contributed by atoms with E-state index in [1.807, 2.05) is 36.4 Å². The van der Waals surface area contributed by atoms with Crippen LogP contribution in [0.5, 0.6) is 0 Å². The highest BCUT2D eigenvalue weighted by Crippen LogP contribution is 2.34. The van der Waals surface area contributed by atoms with Crippen molar-refractivity contribution in [3.63, 3.8) is 0 Å². The van der Waals surface area contributed by atoms with Crippen molar-refractivity contribution in [3.05, 3.63) is 89.0 Å². The molecule has 0 saturated heterocycles. The fraction of sp³-hybridized carbons (Fsp3) is 0.250. The number of hydrogen-bond donors (Lipinski definition) is 1. The summed E-state index contributed by atoms with van der Waals surface area (Å²) in [5, 5.41) is 9.48. The number of carbonyl (C=O) groups excluding carboxylic acids is 2. The van der Waals surface area contributed by atoms with Crippen LogP contribution in [0.2, 0.25) is 0 Å². The number of carbonyl (C=O) groups is 3. The Morgan fingerprint density at radius 1 is 1.06 bits per heavy atom. The van der Waals surface area contributed by atoms with E-state index >= 15 is 0 Å². The number of ketones is 1. The molecule has 1 aliphatic rings. The minimum absolute atomic E-state index is 0.0544. The topological polar surface area (TPSA) is 74.7 Å². The lowest BCUT2D eigenvalue weighted by Gasteiger charge is -2.35. The molecule has 0 spiro atoms. The normalized spacial score (nSPS) is 15.2. The van der Waals surface area contributed by atoms with E-state index in [0.717, 1.165) is 42.4 Å². The molecular formula is C28H27NO4. The third-order valence-electron chi connectivity index (χ3n) is 6.28. The van der Waals surface area contributed by atoms with Gasteiger partial charge < -0.3 is 10.0 Å². The first kappa shape index (κ1) is 22.5. The van der Waals surface area contributed by atoms with Crippen molar-refractivity contribution in [2.45, 2.75) is 32.7 Å². The number of fused-ring (bicyclic) bond motifs is 1. The number of aldehydes is 1. The SMILES string of the molecule is CCCCC1CN(Cc2ccc(-c3ccccc3C(=O)O)cc2)c2cc(C=O)ccc2C1=O. The van der Waals surface area contributed by atoms with Gasteiger partial charge in [-0.3, -0.25) is 9.59 Å². The van der Waals surface area contributed by atoms with Crippen molar-refractivity contribution >= 4 is 23.7 Å². The van der Waals surface area contributed by atoms with Crippen molar-refractivity contribution in [1.29, 1.82) is 0 Å². The van der Waals surface area contributed by atoms with Crippen molar-refractivity contribution in [2.75, 3.05) is 11.4 Å². The number of aromatic carboxylic acids is 1. The van der Waals surface area contributed by atoms with E-state index in [4.69, 9.17) is 0 Å². The van der Waals surface area contributed by atoms with Crippen LogP contribution in [0, 0.1) is 5.92 Å². The van der Waals surface area contributed by atoms with E-state index in [-0.39, 0.29) is 17.3 Å². The largest absolute Gasteiger partial charge is 0.478 e. The summed E-state index contributed by atoms with van der Waals surface area (Å²) in [4.78, 5) is 38.1. The van der Waals surface area contributed by atoms with Gasteiger partial charge in [0.15, 0.2) is 5.78 Å². The number of anilines is 1. The lowest BCUT2D eigenvalue weighted by Crippen LogP contribution is -2.39. The summed E-state index contributed by atoms with van der Waals surface area (Å²) < 4.78 is 0. The molecule has 0 aliphatic carbocycles. The minimum atomic E-state index is -0.951. The maximum absolute atomic E-state index is 13.0. The Morgan fingerprint density at radius 2 is 1.82 bits per heavy atom.